The quantitative estimate of drug-likeness (QED) is 0.289. The molecule has 0 saturated carbocycles. The van der Waals surface area contributed by atoms with Crippen LogP contribution in [0.3, 0.4) is 0 Å². The molecule has 11 heteroatoms. The van der Waals surface area contributed by atoms with Gasteiger partial charge in [0, 0.05) is 30.7 Å². The second-order valence-corrected chi connectivity index (χ2v) is 8.67. The topological polar surface area (TPSA) is 121 Å². The fourth-order valence-electron chi connectivity index (χ4n) is 3.70. The zero-order valence-corrected chi connectivity index (χ0v) is 21.7. The van der Waals surface area contributed by atoms with E-state index in [4.69, 9.17) is 4.74 Å². The Bertz CT molecular complexity index is 1230. The lowest BCUT2D eigenvalue weighted by Gasteiger charge is -2.29. The Balaban J connectivity index is 1.97. The van der Waals surface area contributed by atoms with E-state index in [0.717, 1.165) is 4.90 Å². The highest BCUT2D eigenvalue weighted by Gasteiger charge is 2.33. The third-order valence-corrected chi connectivity index (χ3v) is 6.12. The third kappa shape index (κ3) is 5.40. The highest BCUT2D eigenvalue weighted by atomic mass is 79.9. The molecule has 0 spiro atoms. The van der Waals surface area contributed by atoms with E-state index in [0.29, 0.717) is 39.3 Å². The minimum absolute atomic E-state index is 0.249. The van der Waals surface area contributed by atoms with Crippen molar-refractivity contribution in [3.8, 4) is 0 Å². The van der Waals surface area contributed by atoms with E-state index in [2.05, 4.69) is 31.5 Å². The molecular weight excluding hydrogens is 518 g/mol. The van der Waals surface area contributed by atoms with Gasteiger partial charge in [-0.25, -0.2) is 4.79 Å². The Kier molecular flexibility index (Phi) is 8.00. The number of nitrogens with zero attached hydrogens (tertiary/aromatic N) is 4. The molecule has 1 aliphatic heterocycles. The maximum absolute atomic E-state index is 12.3. The Morgan fingerprint density at radius 2 is 1.71 bits per heavy atom. The summed E-state index contributed by atoms with van der Waals surface area (Å²) in [5, 5.41) is 11.3. The summed E-state index contributed by atoms with van der Waals surface area (Å²) in [6, 6.07) is 7.67. The summed E-state index contributed by atoms with van der Waals surface area (Å²) in [6.07, 6.45) is 0. The number of rotatable bonds is 8. The van der Waals surface area contributed by atoms with Crippen molar-refractivity contribution in [2.75, 3.05) is 30.4 Å². The SMILES string of the molecule is CCOC(=O)[C@H](C)N(CC)c1ccc(N=Nc2cc3c(cc2Br)C(=O)N(C)C3=O)c(NC(C)=O)c1. The van der Waals surface area contributed by atoms with Crippen LogP contribution < -0.4 is 10.2 Å². The van der Waals surface area contributed by atoms with Crippen LogP contribution in [-0.4, -0.2) is 54.8 Å². The summed E-state index contributed by atoms with van der Waals surface area (Å²) < 4.78 is 5.64. The number of benzene rings is 2. The van der Waals surface area contributed by atoms with Gasteiger partial charge in [0.15, 0.2) is 0 Å². The van der Waals surface area contributed by atoms with E-state index in [1.54, 1.807) is 38.1 Å². The molecule has 1 N–H and O–H groups in total. The lowest BCUT2D eigenvalue weighted by Crippen LogP contribution is -2.40. The predicted molar refractivity (Wildman–Crippen MR) is 135 cm³/mol. The van der Waals surface area contributed by atoms with Crippen molar-refractivity contribution in [1.29, 1.82) is 0 Å². The van der Waals surface area contributed by atoms with Crippen LogP contribution in [-0.2, 0) is 14.3 Å². The second-order valence-electron chi connectivity index (χ2n) is 7.82. The Morgan fingerprint density at radius 1 is 1.09 bits per heavy atom. The Labute approximate surface area is 211 Å². The number of carbonyl (C=O) groups is 4. The van der Waals surface area contributed by atoms with Gasteiger partial charge in [-0.1, -0.05) is 0 Å². The molecule has 3 rings (SSSR count). The fraction of sp³-hybridized carbons (Fsp3) is 0.333. The predicted octanol–water partition coefficient (Wildman–Crippen LogP) is 4.83. The summed E-state index contributed by atoms with van der Waals surface area (Å²) >= 11 is 3.38. The molecule has 0 radical (unpaired) electrons. The summed E-state index contributed by atoms with van der Waals surface area (Å²) in [7, 11) is 1.42. The van der Waals surface area contributed by atoms with Crippen molar-refractivity contribution >= 4 is 62.4 Å². The molecule has 1 aliphatic rings. The first-order chi connectivity index (χ1) is 16.6. The van der Waals surface area contributed by atoms with Crippen molar-refractivity contribution in [1.82, 2.24) is 4.90 Å². The summed E-state index contributed by atoms with van der Waals surface area (Å²) in [4.78, 5) is 51.5. The number of imide groups is 1. The van der Waals surface area contributed by atoms with Gasteiger partial charge in [-0.2, -0.15) is 0 Å². The van der Waals surface area contributed by atoms with Crippen LogP contribution in [0.2, 0.25) is 0 Å². The number of likely N-dealkylation sites (N-methyl/N-ethyl adjacent to an activating group) is 1. The standard InChI is InChI=1S/C24H26BrN5O5/c1-6-30(13(3)24(34)35-7-2)15-8-9-19(21(10-15)26-14(4)31)27-28-20-12-17-16(11-18(20)25)22(32)29(5)23(17)33/h8-13H,6-7H2,1-5H3,(H,26,31)/t13-/m0/s1. The highest BCUT2D eigenvalue weighted by Crippen LogP contribution is 2.36. The van der Waals surface area contributed by atoms with Crippen LogP contribution in [0.5, 0.6) is 0 Å². The van der Waals surface area contributed by atoms with Gasteiger partial charge in [-0.15, -0.1) is 10.2 Å². The van der Waals surface area contributed by atoms with E-state index in [1.165, 1.54) is 20.0 Å². The van der Waals surface area contributed by atoms with Crippen LogP contribution in [0.15, 0.2) is 45.0 Å². The van der Waals surface area contributed by atoms with Gasteiger partial charge in [-0.05, 0) is 67.0 Å². The van der Waals surface area contributed by atoms with Crippen LogP contribution in [0.4, 0.5) is 22.7 Å². The number of amides is 3. The number of azo groups is 1. The molecule has 10 nitrogen and oxygen atoms in total. The molecule has 0 bridgehead atoms. The number of hydrogen-bond acceptors (Lipinski definition) is 8. The average molecular weight is 544 g/mol. The smallest absolute Gasteiger partial charge is 0.328 e. The second kappa shape index (κ2) is 10.8. The molecule has 1 atom stereocenters. The number of ether oxygens (including phenoxy) is 1. The molecule has 3 amide bonds. The van der Waals surface area contributed by atoms with Gasteiger partial charge in [0.2, 0.25) is 5.91 Å². The molecule has 0 saturated heterocycles. The number of esters is 1. The van der Waals surface area contributed by atoms with Gasteiger partial charge in [-0.3, -0.25) is 19.3 Å². The molecule has 184 valence electrons. The number of carbonyl (C=O) groups excluding carboxylic acids is 4. The Morgan fingerprint density at radius 3 is 2.31 bits per heavy atom. The molecule has 0 aromatic heterocycles. The minimum atomic E-state index is -0.529. The van der Waals surface area contributed by atoms with E-state index in [-0.39, 0.29) is 30.0 Å². The largest absolute Gasteiger partial charge is 0.464 e. The normalized spacial score (nSPS) is 13.7. The molecule has 0 fully saturated rings. The van der Waals surface area contributed by atoms with Gasteiger partial charge >= 0.3 is 5.97 Å². The first-order valence-corrected chi connectivity index (χ1v) is 11.8. The minimum Gasteiger partial charge on any atom is -0.464 e. The zero-order valence-electron chi connectivity index (χ0n) is 20.1. The number of hydrogen-bond donors (Lipinski definition) is 1. The summed E-state index contributed by atoms with van der Waals surface area (Å²) in [5.41, 5.74) is 2.36. The lowest BCUT2D eigenvalue weighted by molar-refractivity contribution is -0.144. The third-order valence-electron chi connectivity index (χ3n) is 5.48. The first kappa shape index (κ1) is 26.0. The van der Waals surface area contributed by atoms with Gasteiger partial charge in [0.05, 0.1) is 23.4 Å². The van der Waals surface area contributed by atoms with Gasteiger partial charge in [0.25, 0.3) is 11.8 Å². The maximum Gasteiger partial charge on any atom is 0.328 e. The van der Waals surface area contributed by atoms with Gasteiger partial charge < -0.3 is 15.0 Å². The number of nitrogens with one attached hydrogen (secondary N) is 1. The van der Waals surface area contributed by atoms with Crippen LogP contribution in [0, 0.1) is 0 Å². The highest BCUT2D eigenvalue weighted by molar-refractivity contribution is 9.10. The lowest BCUT2D eigenvalue weighted by atomic mass is 10.1. The molecule has 0 aliphatic carbocycles. The summed E-state index contributed by atoms with van der Waals surface area (Å²) in [5.74, 6) is -1.44. The molecule has 2 aromatic rings. The molecule has 2 aromatic carbocycles. The van der Waals surface area contributed by atoms with E-state index < -0.39 is 11.9 Å². The monoisotopic (exact) mass is 543 g/mol. The molecule has 0 unspecified atom stereocenters. The average Bonchev–Trinajstić information content (AvgIpc) is 3.02. The van der Waals surface area contributed by atoms with Crippen LogP contribution in [0.1, 0.15) is 48.4 Å². The van der Waals surface area contributed by atoms with Crippen LogP contribution >= 0.6 is 15.9 Å². The number of halogens is 1. The number of fused-ring (bicyclic) bond motifs is 1. The van der Waals surface area contributed by atoms with Crippen molar-refractivity contribution in [3.63, 3.8) is 0 Å². The van der Waals surface area contributed by atoms with E-state index >= 15 is 0 Å². The number of anilines is 2. The fourth-order valence-corrected chi connectivity index (χ4v) is 4.13. The Hall–Kier alpha value is -3.60. The van der Waals surface area contributed by atoms with Crippen molar-refractivity contribution in [2.24, 2.45) is 10.2 Å². The van der Waals surface area contributed by atoms with Crippen molar-refractivity contribution < 1.29 is 23.9 Å². The summed E-state index contributed by atoms with van der Waals surface area (Å²) in [6.45, 7) is 7.61. The maximum atomic E-state index is 12.3. The van der Waals surface area contributed by atoms with Crippen LogP contribution in [0.25, 0.3) is 0 Å². The zero-order chi connectivity index (χ0) is 25.9. The first-order valence-electron chi connectivity index (χ1n) is 11.0. The van der Waals surface area contributed by atoms with Crippen molar-refractivity contribution in [2.45, 2.75) is 33.7 Å². The van der Waals surface area contributed by atoms with Gasteiger partial charge in [0.1, 0.15) is 17.4 Å². The van der Waals surface area contributed by atoms with Crippen molar-refractivity contribution in [3.05, 3.63) is 45.9 Å². The molecule has 1 heterocycles. The van der Waals surface area contributed by atoms with E-state index in [1.807, 2.05) is 11.8 Å². The van der Waals surface area contributed by atoms with E-state index in [9.17, 15) is 19.2 Å². The molecular formula is C24H26BrN5O5. The molecule has 35 heavy (non-hydrogen) atoms.